The van der Waals surface area contributed by atoms with E-state index in [1.807, 2.05) is 42.5 Å². The summed E-state index contributed by atoms with van der Waals surface area (Å²) in [6, 6.07) is 16.4. The number of rotatable bonds is 5. The van der Waals surface area contributed by atoms with E-state index >= 15 is 0 Å². The minimum absolute atomic E-state index is 0.140. The molecular formula is C16H14ClN5OS. The van der Waals surface area contributed by atoms with Gasteiger partial charge in [-0.3, -0.25) is 4.79 Å². The Balaban J connectivity index is 1.65. The minimum Gasteiger partial charge on any atom is -0.335 e. The van der Waals surface area contributed by atoms with Gasteiger partial charge in [-0.1, -0.05) is 53.7 Å². The summed E-state index contributed by atoms with van der Waals surface area (Å²) in [4.78, 5) is 12.0. The van der Waals surface area contributed by atoms with Gasteiger partial charge in [0.2, 0.25) is 11.1 Å². The number of nitrogens with one attached hydrogen (secondary N) is 1. The first-order valence-electron chi connectivity index (χ1n) is 7.07. The quantitative estimate of drug-likeness (QED) is 0.540. The van der Waals surface area contributed by atoms with E-state index in [4.69, 9.17) is 17.4 Å². The molecular weight excluding hydrogens is 346 g/mol. The summed E-state index contributed by atoms with van der Waals surface area (Å²) in [5, 5.41) is 11.9. The fourth-order valence-electron chi connectivity index (χ4n) is 2.05. The molecule has 0 radical (unpaired) electrons. The number of hydrogen-bond acceptors (Lipinski definition) is 5. The summed E-state index contributed by atoms with van der Waals surface area (Å²) in [6.07, 6.45) is 0. The molecule has 0 aliphatic rings. The number of halogens is 1. The summed E-state index contributed by atoms with van der Waals surface area (Å²) in [7, 11) is 0. The van der Waals surface area contributed by atoms with E-state index in [2.05, 4.69) is 15.5 Å². The number of thioether (sulfide) groups is 1. The van der Waals surface area contributed by atoms with Gasteiger partial charge in [0.25, 0.3) is 0 Å². The smallest absolute Gasteiger partial charge is 0.234 e. The molecule has 0 saturated carbocycles. The van der Waals surface area contributed by atoms with Crippen LogP contribution in [-0.4, -0.2) is 26.5 Å². The molecule has 122 valence electrons. The van der Waals surface area contributed by atoms with Crippen molar-refractivity contribution in [2.45, 2.75) is 5.16 Å². The number of para-hydroxylation sites is 1. The number of amides is 1. The van der Waals surface area contributed by atoms with Crippen molar-refractivity contribution < 1.29 is 4.79 Å². The lowest BCUT2D eigenvalue weighted by molar-refractivity contribution is -0.113. The Kier molecular flexibility index (Phi) is 5.02. The molecule has 1 amide bonds. The van der Waals surface area contributed by atoms with Gasteiger partial charge in [0.15, 0.2) is 5.82 Å². The van der Waals surface area contributed by atoms with Crippen molar-refractivity contribution in [3.8, 4) is 11.4 Å². The van der Waals surface area contributed by atoms with Crippen LogP contribution in [0.2, 0.25) is 5.02 Å². The molecule has 0 atom stereocenters. The summed E-state index contributed by atoms with van der Waals surface area (Å²) in [5.41, 5.74) is 1.51. The topological polar surface area (TPSA) is 85.8 Å². The summed E-state index contributed by atoms with van der Waals surface area (Å²) >= 11 is 7.19. The van der Waals surface area contributed by atoms with E-state index < -0.39 is 0 Å². The van der Waals surface area contributed by atoms with E-state index in [0.717, 1.165) is 11.3 Å². The first-order valence-corrected chi connectivity index (χ1v) is 8.44. The minimum atomic E-state index is -0.140. The number of anilines is 1. The molecule has 3 aromatic rings. The maximum absolute atomic E-state index is 12.0. The third-order valence-electron chi connectivity index (χ3n) is 3.14. The molecule has 0 saturated heterocycles. The van der Waals surface area contributed by atoms with Crippen molar-refractivity contribution in [2.75, 3.05) is 16.9 Å². The SMILES string of the molecule is Nn1c(SCC(=O)Nc2ccccc2)nnc1-c1cccc(Cl)c1. The van der Waals surface area contributed by atoms with Crippen LogP contribution in [-0.2, 0) is 4.79 Å². The van der Waals surface area contributed by atoms with Crippen molar-refractivity contribution in [1.82, 2.24) is 14.9 Å². The van der Waals surface area contributed by atoms with Crippen LogP contribution in [0.4, 0.5) is 5.69 Å². The van der Waals surface area contributed by atoms with Crippen LogP contribution >= 0.6 is 23.4 Å². The van der Waals surface area contributed by atoms with Gasteiger partial charge >= 0.3 is 0 Å². The number of carbonyl (C=O) groups excluding carboxylic acids is 1. The second kappa shape index (κ2) is 7.37. The number of nitrogen functional groups attached to an aromatic ring is 1. The van der Waals surface area contributed by atoms with E-state index in [9.17, 15) is 4.79 Å². The Hall–Kier alpha value is -2.51. The molecule has 0 bridgehead atoms. The predicted octanol–water partition coefficient (Wildman–Crippen LogP) is 3.04. The summed E-state index contributed by atoms with van der Waals surface area (Å²) in [6.45, 7) is 0. The van der Waals surface area contributed by atoms with Gasteiger partial charge in [0.1, 0.15) is 0 Å². The average Bonchev–Trinajstić information content (AvgIpc) is 2.95. The van der Waals surface area contributed by atoms with Gasteiger partial charge in [0.05, 0.1) is 5.75 Å². The number of nitrogens with two attached hydrogens (primary N) is 1. The van der Waals surface area contributed by atoms with E-state index in [1.54, 1.807) is 12.1 Å². The van der Waals surface area contributed by atoms with Gasteiger partial charge in [-0.15, -0.1) is 10.2 Å². The Morgan fingerprint density at radius 1 is 1.17 bits per heavy atom. The van der Waals surface area contributed by atoms with Crippen molar-refractivity contribution in [3.63, 3.8) is 0 Å². The van der Waals surface area contributed by atoms with Gasteiger partial charge in [0, 0.05) is 16.3 Å². The zero-order valence-corrected chi connectivity index (χ0v) is 14.1. The maximum atomic E-state index is 12.0. The lowest BCUT2D eigenvalue weighted by Crippen LogP contribution is -2.16. The Morgan fingerprint density at radius 2 is 1.96 bits per heavy atom. The van der Waals surface area contributed by atoms with E-state index in [0.29, 0.717) is 16.0 Å². The van der Waals surface area contributed by atoms with Crippen molar-refractivity contribution in [1.29, 1.82) is 0 Å². The normalized spacial score (nSPS) is 10.5. The lowest BCUT2D eigenvalue weighted by atomic mass is 10.2. The molecule has 0 spiro atoms. The zero-order valence-electron chi connectivity index (χ0n) is 12.5. The Morgan fingerprint density at radius 3 is 2.71 bits per heavy atom. The number of benzene rings is 2. The molecule has 8 heteroatoms. The van der Waals surface area contributed by atoms with Gasteiger partial charge in [-0.2, -0.15) is 0 Å². The monoisotopic (exact) mass is 359 g/mol. The zero-order chi connectivity index (χ0) is 16.9. The number of nitrogens with zero attached hydrogens (tertiary/aromatic N) is 3. The fraction of sp³-hybridized carbons (Fsp3) is 0.0625. The summed E-state index contributed by atoms with van der Waals surface area (Å²) < 4.78 is 1.35. The second-order valence-corrected chi connectivity index (χ2v) is 6.27. The van der Waals surface area contributed by atoms with Crippen LogP contribution in [0.1, 0.15) is 0 Å². The highest BCUT2D eigenvalue weighted by molar-refractivity contribution is 7.99. The van der Waals surface area contributed by atoms with Crippen LogP contribution in [0.3, 0.4) is 0 Å². The average molecular weight is 360 g/mol. The molecule has 3 N–H and O–H groups in total. The molecule has 0 aliphatic carbocycles. The third-order valence-corrected chi connectivity index (χ3v) is 4.32. The molecule has 0 aliphatic heterocycles. The first kappa shape index (κ1) is 16.4. The van der Waals surface area contributed by atoms with Crippen LogP contribution in [0.15, 0.2) is 59.8 Å². The first-order chi connectivity index (χ1) is 11.6. The molecule has 1 aromatic heterocycles. The van der Waals surface area contributed by atoms with E-state index in [1.165, 1.54) is 16.4 Å². The molecule has 0 unspecified atom stereocenters. The Labute approximate surface area is 148 Å². The van der Waals surface area contributed by atoms with Crippen LogP contribution in [0, 0.1) is 0 Å². The maximum Gasteiger partial charge on any atom is 0.234 e. The molecule has 1 heterocycles. The van der Waals surface area contributed by atoms with Crippen LogP contribution in [0.5, 0.6) is 0 Å². The number of carbonyl (C=O) groups is 1. The molecule has 6 nitrogen and oxygen atoms in total. The highest BCUT2D eigenvalue weighted by Crippen LogP contribution is 2.23. The van der Waals surface area contributed by atoms with Crippen LogP contribution in [0.25, 0.3) is 11.4 Å². The molecule has 24 heavy (non-hydrogen) atoms. The highest BCUT2D eigenvalue weighted by Gasteiger charge is 2.14. The fourth-order valence-corrected chi connectivity index (χ4v) is 2.90. The van der Waals surface area contributed by atoms with Crippen molar-refractivity contribution in [2.24, 2.45) is 0 Å². The Bertz CT molecular complexity index is 853. The van der Waals surface area contributed by atoms with Gasteiger partial charge < -0.3 is 11.2 Å². The molecule has 3 rings (SSSR count). The number of aromatic nitrogens is 3. The largest absolute Gasteiger partial charge is 0.335 e. The summed E-state index contributed by atoms with van der Waals surface area (Å²) in [5.74, 6) is 6.55. The second-order valence-electron chi connectivity index (χ2n) is 4.89. The van der Waals surface area contributed by atoms with Gasteiger partial charge in [-0.05, 0) is 24.3 Å². The van der Waals surface area contributed by atoms with E-state index in [-0.39, 0.29) is 11.7 Å². The standard InChI is InChI=1S/C16H14ClN5OS/c17-12-6-4-5-11(9-12)15-20-21-16(22(15)18)24-10-14(23)19-13-7-2-1-3-8-13/h1-9H,10,18H2,(H,19,23). The number of hydrogen-bond donors (Lipinski definition) is 2. The molecule has 0 fully saturated rings. The molecule has 2 aromatic carbocycles. The predicted molar refractivity (Wildman–Crippen MR) is 96.4 cm³/mol. The highest BCUT2D eigenvalue weighted by atomic mass is 35.5. The van der Waals surface area contributed by atoms with Crippen LogP contribution < -0.4 is 11.2 Å². The third kappa shape index (κ3) is 3.87. The van der Waals surface area contributed by atoms with Gasteiger partial charge in [-0.25, -0.2) is 4.68 Å². The van der Waals surface area contributed by atoms with Crippen molar-refractivity contribution >= 4 is 35.0 Å². The van der Waals surface area contributed by atoms with Crippen molar-refractivity contribution in [3.05, 3.63) is 59.6 Å². The lowest BCUT2D eigenvalue weighted by Gasteiger charge is -2.05.